The summed E-state index contributed by atoms with van der Waals surface area (Å²) in [6.07, 6.45) is 4.33. The third-order valence-corrected chi connectivity index (χ3v) is 10.6. The van der Waals surface area contributed by atoms with E-state index < -0.39 is 21.6 Å². The van der Waals surface area contributed by atoms with Crippen LogP contribution in [-0.2, 0) is 14.8 Å². The predicted octanol–water partition coefficient (Wildman–Crippen LogP) is 3.66. The van der Waals surface area contributed by atoms with E-state index in [9.17, 15) is 22.8 Å². The number of hydrogen-bond donors (Lipinski definition) is 3. The number of imide groups is 1. The summed E-state index contributed by atoms with van der Waals surface area (Å²) in [5.41, 5.74) is 0.246. The van der Waals surface area contributed by atoms with E-state index >= 15 is 0 Å². The Kier molecular flexibility index (Phi) is 8.99. The largest absolute Gasteiger partial charge is 0.496 e. The van der Waals surface area contributed by atoms with Crippen LogP contribution in [0.4, 0.5) is 10.5 Å². The summed E-state index contributed by atoms with van der Waals surface area (Å²) < 4.78 is 40.1. The molecule has 0 radical (unpaired) electrons. The zero-order chi connectivity index (χ0) is 30.6. The standard InChI is InChI=1S/C29H33N5O7S2/c1-40-23-18-24(41-2)21(33-43(38,39)26-10-9-25(42-26)20-7-3-5-13-30-20)17-19(23)22(35)8-4-6-14-34-15-11-29(12-16-34)27(36)31-28(37)32-29/h3,5,7,9-10,13,17-18,33H,4,6,8,11-12,14-16H2,1-2H3,(H2,31,32,36,37). The number of carbonyl (C=O) groups excluding carboxylic acids is 3. The number of nitrogens with zero attached hydrogens (tertiary/aromatic N) is 2. The molecule has 5 rings (SSSR count). The van der Waals surface area contributed by atoms with Gasteiger partial charge in [-0.1, -0.05) is 6.07 Å². The molecule has 14 heteroatoms. The fourth-order valence-electron chi connectivity index (χ4n) is 5.30. The Hall–Kier alpha value is -4.01. The molecule has 0 atom stereocenters. The van der Waals surface area contributed by atoms with Gasteiger partial charge in [0.15, 0.2) is 5.78 Å². The van der Waals surface area contributed by atoms with Crippen LogP contribution in [0.15, 0.2) is 52.9 Å². The van der Waals surface area contributed by atoms with Crippen molar-refractivity contribution in [1.29, 1.82) is 0 Å². The zero-order valence-electron chi connectivity index (χ0n) is 23.8. The predicted molar refractivity (Wildman–Crippen MR) is 161 cm³/mol. The lowest BCUT2D eigenvalue weighted by molar-refractivity contribution is -0.125. The minimum Gasteiger partial charge on any atom is -0.496 e. The van der Waals surface area contributed by atoms with E-state index in [2.05, 4.69) is 25.2 Å². The molecule has 3 N–H and O–H groups in total. The van der Waals surface area contributed by atoms with Crippen LogP contribution in [0.2, 0.25) is 0 Å². The highest BCUT2D eigenvalue weighted by Gasteiger charge is 2.47. The van der Waals surface area contributed by atoms with E-state index in [4.69, 9.17) is 9.47 Å². The molecule has 0 aliphatic carbocycles. The van der Waals surface area contributed by atoms with Gasteiger partial charge >= 0.3 is 6.03 Å². The Morgan fingerprint density at radius 3 is 2.49 bits per heavy atom. The van der Waals surface area contributed by atoms with Crippen LogP contribution in [0.25, 0.3) is 10.6 Å². The van der Waals surface area contributed by atoms with Crippen molar-refractivity contribution < 1.29 is 32.3 Å². The number of aromatic nitrogens is 1. The van der Waals surface area contributed by atoms with Gasteiger partial charge in [-0.05, 0) is 62.6 Å². The highest BCUT2D eigenvalue weighted by atomic mass is 32.2. The van der Waals surface area contributed by atoms with Crippen LogP contribution in [0.1, 0.15) is 42.5 Å². The van der Waals surface area contributed by atoms with Crippen molar-refractivity contribution in [3.05, 3.63) is 54.2 Å². The van der Waals surface area contributed by atoms with Gasteiger partial charge in [0.2, 0.25) is 0 Å². The Morgan fingerprint density at radius 1 is 1.07 bits per heavy atom. The fraction of sp³-hybridized carbons (Fsp3) is 0.379. The van der Waals surface area contributed by atoms with Crippen LogP contribution in [0.3, 0.4) is 0 Å². The van der Waals surface area contributed by atoms with Gasteiger partial charge in [0.1, 0.15) is 21.2 Å². The second-order valence-electron chi connectivity index (χ2n) is 10.4. The molecule has 2 fully saturated rings. The first-order valence-corrected chi connectivity index (χ1v) is 16.1. The van der Waals surface area contributed by atoms with Crippen molar-refractivity contribution in [1.82, 2.24) is 20.5 Å². The number of amides is 3. The first-order chi connectivity index (χ1) is 20.6. The van der Waals surface area contributed by atoms with Crippen molar-refractivity contribution in [2.45, 2.75) is 41.9 Å². The number of Topliss-reactive ketones (excluding diaryl/α,β-unsaturated/α-hetero) is 1. The Balaban J connectivity index is 1.21. The topological polar surface area (TPSA) is 156 Å². The van der Waals surface area contributed by atoms with Crippen molar-refractivity contribution in [2.24, 2.45) is 0 Å². The number of hydrogen-bond acceptors (Lipinski definition) is 10. The number of unbranched alkanes of at least 4 members (excludes halogenated alkanes) is 1. The number of piperidine rings is 1. The van der Waals surface area contributed by atoms with E-state index in [-0.39, 0.29) is 45.1 Å². The number of benzene rings is 1. The maximum atomic E-state index is 13.3. The number of anilines is 1. The Labute approximate surface area is 253 Å². The van der Waals surface area contributed by atoms with E-state index in [1.807, 2.05) is 6.07 Å². The van der Waals surface area contributed by atoms with Gasteiger partial charge < -0.3 is 19.7 Å². The number of urea groups is 1. The van der Waals surface area contributed by atoms with Crippen molar-refractivity contribution >= 4 is 44.8 Å². The number of ketones is 1. The van der Waals surface area contributed by atoms with E-state index in [1.54, 1.807) is 24.4 Å². The number of pyridine rings is 1. The molecule has 2 aliphatic heterocycles. The number of rotatable bonds is 12. The van der Waals surface area contributed by atoms with Gasteiger partial charge in [-0.3, -0.25) is 24.6 Å². The molecule has 228 valence electrons. The maximum Gasteiger partial charge on any atom is 0.322 e. The van der Waals surface area contributed by atoms with Gasteiger partial charge in [-0.25, -0.2) is 13.2 Å². The lowest BCUT2D eigenvalue weighted by Crippen LogP contribution is -2.54. The number of nitrogens with one attached hydrogen (secondary N) is 3. The summed E-state index contributed by atoms with van der Waals surface area (Å²) in [5, 5.41) is 5.08. The minimum absolute atomic E-state index is 0.0958. The highest BCUT2D eigenvalue weighted by molar-refractivity contribution is 7.94. The second kappa shape index (κ2) is 12.7. The third kappa shape index (κ3) is 6.65. The molecule has 43 heavy (non-hydrogen) atoms. The summed E-state index contributed by atoms with van der Waals surface area (Å²) in [5.74, 6) is 0.0592. The number of likely N-dealkylation sites (tertiary alicyclic amines) is 1. The number of carbonyl (C=O) groups is 3. The second-order valence-corrected chi connectivity index (χ2v) is 13.4. The van der Waals surface area contributed by atoms with Gasteiger partial charge in [0, 0.05) is 31.8 Å². The first kappa shape index (κ1) is 30.4. The maximum absolute atomic E-state index is 13.3. The van der Waals surface area contributed by atoms with Crippen LogP contribution in [-0.4, -0.2) is 75.4 Å². The van der Waals surface area contributed by atoms with E-state index in [1.165, 1.54) is 32.4 Å². The van der Waals surface area contributed by atoms with E-state index in [0.29, 0.717) is 42.9 Å². The molecule has 1 spiro atoms. The van der Waals surface area contributed by atoms with Crippen molar-refractivity contribution in [2.75, 3.05) is 38.6 Å². The summed E-state index contributed by atoms with van der Waals surface area (Å²) in [6, 6.07) is 11.1. The average molecular weight is 628 g/mol. The lowest BCUT2D eigenvalue weighted by atomic mass is 9.87. The van der Waals surface area contributed by atoms with Gasteiger partial charge in [0.05, 0.1) is 36.0 Å². The summed E-state index contributed by atoms with van der Waals surface area (Å²) in [6.45, 7) is 2.10. The molecular weight excluding hydrogens is 594 g/mol. The lowest BCUT2D eigenvalue weighted by Gasteiger charge is -2.36. The Morgan fingerprint density at radius 2 is 1.84 bits per heavy atom. The molecule has 2 aliphatic rings. The summed E-state index contributed by atoms with van der Waals surface area (Å²) in [4.78, 5) is 44.2. The fourth-order valence-corrected chi connectivity index (χ4v) is 7.64. The third-order valence-electron chi connectivity index (χ3n) is 7.68. The average Bonchev–Trinajstić information content (AvgIpc) is 3.61. The normalized spacial score (nSPS) is 16.5. The molecule has 1 aromatic carbocycles. The van der Waals surface area contributed by atoms with Crippen LogP contribution in [0, 0.1) is 0 Å². The first-order valence-electron chi connectivity index (χ1n) is 13.8. The molecule has 3 amide bonds. The quantitative estimate of drug-likeness (QED) is 0.155. The van der Waals surface area contributed by atoms with Crippen LogP contribution < -0.4 is 24.8 Å². The minimum atomic E-state index is -3.99. The molecule has 12 nitrogen and oxygen atoms in total. The highest BCUT2D eigenvalue weighted by Crippen LogP contribution is 2.37. The number of methoxy groups -OCH3 is 2. The molecule has 3 aromatic rings. The van der Waals surface area contributed by atoms with Crippen molar-refractivity contribution in [3.8, 4) is 22.1 Å². The van der Waals surface area contributed by atoms with Gasteiger partial charge in [0.25, 0.3) is 15.9 Å². The molecule has 0 unspecified atom stereocenters. The molecular formula is C29H33N5O7S2. The monoisotopic (exact) mass is 627 g/mol. The number of thiophene rings is 1. The molecule has 2 saturated heterocycles. The molecule has 0 saturated carbocycles. The summed E-state index contributed by atoms with van der Waals surface area (Å²) in [7, 11) is -1.14. The molecule has 4 heterocycles. The van der Waals surface area contributed by atoms with Gasteiger partial charge in [-0.15, -0.1) is 11.3 Å². The SMILES string of the molecule is COc1cc(OC)c(C(=O)CCCCN2CCC3(CC2)NC(=O)NC3=O)cc1NS(=O)(=O)c1ccc(-c2ccccn2)s1. The molecule has 2 aromatic heterocycles. The number of sulfonamides is 1. The van der Waals surface area contributed by atoms with Gasteiger partial charge in [-0.2, -0.15) is 0 Å². The van der Waals surface area contributed by atoms with Crippen molar-refractivity contribution in [3.63, 3.8) is 0 Å². The smallest absolute Gasteiger partial charge is 0.322 e. The molecule has 0 bridgehead atoms. The zero-order valence-corrected chi connectivity index (χ0v) is 25.5. The van der Waals surface area contributed by atoms with E-state index in [0.717, 1.165) is 24.3 Å². The van der Waals surface area contributed by atoms with Crippen LogP contribution >= 0.6 is 11.3 Å². The number of ether oxygens (including phenoxy) is 2. The Bertz CT molecular complexity index is 1620. The summed E-state index contributed by atoms with van der Waals surface area (Å²) >= 11 is 1.09. The van der Waals surface area contributed by atoms with Crippen LogP contribution in [0.5, 0.6) is 11.5 Å².